The molecule has 2 fully saturated rings. The average molecular weight is 364 g/mol. The van der Waals surface area contributed by atoms with Crippen molar-refractivity contribution in [1.29, 1.82) is 0 Å². The summed E-state index contributed by atoms with van der Waals surface area (Å²) in [7, 11) is 0. The van der Waals surface area contributed by atoms with Gasteiger partial charge in [0.1, 0.15) is 5.82 Å². The van der Waals surface area contributed by atoms with E-state index in [1.54, 1.807) is 0 Å². The number of aryl methyl sites for hydroxylation is 1. The van der Waals surface area contributed by atoms with Gasteiger partial charge in [-0.3, -0.25) is 4.90 Å². The zero-order valence-corrected chi connectivity index (χ0v) is 15.9. The number of piperazine rings is 1. The van der Waals surface area contributed by atoms with Crippen molar-refractivity contribution in [3.63, 3.8) is 0 Å². The highest BCUT2D eigenvalue weighted by Crippen LogP contribution is 2.32. The molecule has 0 spiro atoms. The van der Waals surface area contributed by atoms with E-state index in [1.165, 1.54) is 36.3 Å². The van der Waals surface area contributed by atoms with E-state index in [9.17, 15) is 0 Å². The molecule has 27 heavy (non-hydrogen) atoms. The molecular formula is C22H28N4O. The van der Waals surface area contributed by atoms with Gasteiger partial charge in [-0.1, -0.05) is 30.3 Å². The Morgan fingerprint density at radius 3 is 2.44 bits per heavy atom. The lowest BCUT2D eigenvalue weighted by Crippen LogP contribution is -2.52. The molecule has 0 amide bonds. The maximum absolute atomic E-state index is 5.53. The molecule has 5 rings (SSSR count). The summed E-state index contributed by atoms with van der Waals surface area (Å²) in [5.74, 6) is 2.08. The molecule has 3 aliphatic rings. The monoisotopic (exact) mass is 364 g/mol. The molecule has 0 saturated carbocycles. The number of fused-ring (bicyclic) bond motifs is 1. The van der Waals surface area contributed by atoms with E-state index in [0.717, 1.165) is 63.6 Å². The first-order valence-electron chi connectivity index (χ1n) is 10.4. The van der Waals surface area contributed by atoms with Gasteiger partial charge in [-0.15, -0.1) is 0 Å². The van der Waals surface area contributed by atoms with E-state index in [2.05, 4.69) is 34.1 Å². The van der Waals surface area contributed by atoms with Crippen LogP contribution in [-0.4, -0.2) is 60.3 Å². The van der Waals surface area contributed by atoms with Gasteiger partial charge in [-0.05, 0) is 32.1 Å². The van der Waals surface area contributed by atoms with Crippen LogP contribution >= 0.6 is 0 Å². The van der Waals surface area contributed by atoms with E-state index in [0.29, 0.717) is 6.04 Å². The number of hydrogen-bond acceptors (Lipinski definition) is 5. The topological polar surface area (TPSA) is 41.5 Å². The lowest BCUT2D eigenvalue weighted by Gasteiger charge is -2.41. The Kier molecular flexibility index (Phi) is 4.80. The molecule has 0 unspecified atom stereocenters. The minimum absolute atomic E-state index is 0.705. The number of rotatable bonds is 3. The highest BCUT2D eigenvalue weighted by atomic mass is 16.5. The van der Waals surface area contributed by atoms with E-state index >= 15 is 0 Å². The van der Waals surface area contributed by atoms with Gasteiger partial charge in [0.15, 0.2) is 5.82 Å². The molecule has 5 nitrogen and oxygen atoms in total. The molecule has 5 heteroatoms. The molecule has 2 aromatic rings. The van der Waals surface area contributed by atoms with Gasteiger partial charge < -0.3 is 9.64 Å². The molecule has 2 aliphatic heterocycles. The second-order valence-corrected chi connectivity index (χ2v) is 7.88. The third kappa shape index (κ3) is 3.46. The Morgan fingerprint density at radius 2 is 1.67 bits per heavy atom. The Labute approximate surface area is 161 Å². The second-order valence-electron chi connectivity index (χ2n) is 7.88. The van der Waals surface area contributed by atoms with Crippen molar-refractivity contribution in [3.8, 4) is 11.4 Å². The summed E-state index contributed by atoms with van der Waals surface area (Å²) in [5, 5.41) is 0. The maximum atomic E-state index is 5.53. The molecule has 3 heterocycles. The van der Waals surface area contributed by atoms with E-state index in [4.69, 9.17) is 14.7 Å². The standard InChI is InChI=1S/C22H28N4O/c1-2-5-17(6-3-1)21-23-20-8-4-7-19(20)22(24-21)26-13-11-25(12-14-26)18-9-15-27-16-10-18/h1-3,5-6,18H,4,7-16H2. The molecule has 1 aliphatic carbocycles. The van der Waals surface area contributed by atoms with Crippen molar-refractivity contribution < 1.29 is 4.74 Å². The van der Waals surface area contributed by atoms with Crippen molar-refractivity contribution in [3.05, 3.63) is 41.6 Å². The average Bonchev–Trinajstić information content (AvgIpc) is 3.23. The molecule has 1 aromatic heterocycles. The lowest BCUT2D eigenvalue weighted by atomic mass is 10.1. The minimum atomic E-state index is 0.705. The molecule has 0 bridgehead atoms. The molecular weight excluding hydrogens is 336 g/mol. The van der Waals surface area contributed by atoms with Crippen LogP contribution in [0.15, 0.2) is 30.3 Å². The zero-order chi connectivity index (χ0) is 18.1. The Balaban J connectivity index is 1.38. The molecule has 1 aromatic carbocycles. The van der Waals surface area contributed by atoms with Crippen molar-refractivity contribution in [2.75, 3.05) is 44.3 Å². The minimum Gasteiger partial charge on any atom is -0.381 e. The Bertz CT molecular complexity index is 780. The fraction of sp³-hybridized carbons (Fsp3) is 0.545. The van der Waals surface area contributed by atoms with Crippen molar-refractivity contribution >= 4 is 5.82 Å². The van der Waals surface area contributed by atoms with Crippen LogP contribution in [0.2, 0.25) is 0 Å². The van der Waals surface area contributed by atoms with Gasteiger partial charge in [0.05, 0.1) is 0 Å². The van der Waals surface area contributed by atoms with Gasteiger partial charge in [0.25, 0.3) is 0 Å². The fourth-order valence-corrected chi connectivity index (χ4v) is 4.74. The first-order valence-corrected chi connectivity index (χ1v) is 10.4. The SMILES string of the molecule is c1ccc(-c2nc3c(c(N4CCN(C5CCOCC5)CC4)n2)CCC3)cc1. The van der Waals surface area contributed by atoms with Crippen LogP contribution in [-0.2, 0) is 17.6 Å². The predicted molar refractivity (Wildman–Crippen MR) is 107 cm³/mol. The van der Waals surface area contributed by atoms with Crippen LogP contribution in [0.3, 0.4) is 0 Å². The van der Waals surface area contributed by atoms with Crippen LogP contribution in [0, 0.1) is 0 Å². The van der Waals surface area contributed by atoms with E-state index in [-0.39, 0.29) is 0 Å². The number of benzene rings is 1. The molecule has 0 atom stereocenters. The zero-order valence-electron chi connectivity index (χ0n) is 15.9. The highest BCUT2D eigenvalue weighted by Gasteiger charge is 2.29. The van der Waals surface area contributed by atoms with Crippen molar-refractivity contribution in [2.24, 2.45) is 0 Å². The first kappa shape index (κ1) is 17.1. The third-order valence-electron chi connectivity index (χ3n) is 6.26. The van der Waals surface area contributed by atoms with Gasteiger partial charge in [0.2, 0.25) is 0 Å². The quantitative estimate of drug-likeness (QED) is 0.838. The van der Waals surface area contributed by atoms with Crippen LogP contribution < -0.4 is 4.90 Å². The van der Waals surface area contributed by atoms with Gasteiger partial charge in [0, 0.05) is 62.3 Å². The van der Waals surface area contributed by atoms with Crippen LogP contribution in [0.5, 0.6) is 0 Å². The summed E-state index contributed by atoms with van der Waals surface area (Å²) in [4.78, 5) is 15.1. The Morgan fingerprint density at radius 1 is 0.889 bits per heavy atom. The summed E-state index contributed by atoms with van der Waals surface area (Å²) in [6.07, 6.45) is 5.78. The summed E-state index contributed by atoms with van der Waals surface area (Å²) in [5.41, 5.74) is 3.79. The largest absolute Gasteiger partial charge is 0.381 e. The molecule has 0 radical (unpaired) electrons. The number of anilines is 1. The number of nitrogens with zero attached hydrogens (tertiary/aromatic N) is 4. The summed E-state index contributed by atoms with van der Waals surface area (Å²) in [6, 6.07) is 11.1. The summed E-state index contributed by atoms with van der Waals surface area (Å²) < 4.78 is 5.53. The van der Waals surface area contributed by atoms with E-state index < -0.39 is 0 Å². The highest BCUT2D eigenvalue weighted by molar-refractivity contribution is 5.61. The molecule has 142 valence electrons. The predicted octanol–water partition coefficient (Wildman–Crippen LogP) is 2.93. The van der Waals surface area contributed by atoms with Crippen LogP contribution in [0.4, 0.5) is 5.82 Å². The maximum Gasteiger partial charge on any atom is 0.161 e. The summed E-state index contributed by atoms with van der Waals surface area (Å²) >= 11 is 0. The van der Waals surface area contributed by atoms with Gasteiger partial charge >= 0.3 is 0 Å². The molecule has 0 N–H and O–H groups in total. The number of hydrogen-bond donors (Lipinski definition) is 0. The normalized spacial score (nSPS) is 21.4. The smallest absolute Gasteiger partial charge is 0.161 e. The number of aromatic nitrogens is 2. The first-order chi connectivity index (χ1) is 13.4. The van der Waals surface area contributed by atoms with Crippen LogP contribution in [0.25, 0.3) is 11.4 Å². The lowest BCUT2D eigenvalue weighted by molar-refractivity contribution is 0.0321. The fourth-order valence-electron chi connectivity index (χ4n) is 4.74. The second kappa shape index (κ2) is 7.56. The van der Waals surface area contributed by atoms with Gasteiger partial charge in [-0.25, -0.2) is 9.97 Å². The summed E-state index contributed by atoms with van der Waals surface area (Å²) in [6.45, 7) is 6.23. The van der Waals surface area contributed by atoms with Crippen molar-refractivity contribution in [1.82, 2.24) is 14.9 Å². The Hall–Kier alpha value is -1.98. The van der Waals surface area contributed by atoms with Crippen LogP contribution in [0.1, 0.15) is 30.5 Å². The van der Waals surface area contributed by atoms with Crippen molar-refractivity contribution in [2.45, 2.75) is 38.1 Å². The van der Waals surface area contributed by atoms with E-state index in [1.807, 2.05) is 6.07 Å². The molecule has 2 saturated heterocycles. The third-order valence-corrected chi connectivity index (χ3v) is 6.26. The number of ether oxygens (including phenoxy) is 1. The van der Waals surface area contributed by atoms with Gasteiger partial charge in [-0.2, -0.15) is 0 Å².